The van der Waals surface area contributed by atoms with Gasteiger partial charge in [-0.05, 0) is 48.2 Å². The number of carbonyl (C=O) groups excluding carboxylic acids is 1. The maximum absolute atomic E-state index is 12.1. The van der Waals surface area contributed by atoms with E-state index in [0.717, 1.165) is 16.5 Å². The molecule has 3 aromatic rings. The fourth-order valence-electron chi connectivity index (χ4n) is 2.99. The Bertz CT molecular complexity index is 984. The Labute approximate surface area is 151 Å². The van der Waals surface area contributed by atoms with E-state index in [4.69, 9.17) is 10.7 Å². The van der Waals surface area contributed by atoms with Crippen molar-refractivity contribution in [2.75, 3.05) is 5.32 Å². The molecule has 1 aromatic carbocycles. The van der Waals surface area contributed by atoms with Gasteiger partial charge in [-0.1, -0.05) is 13.0 Å². The molecule has 0 fully saturated rings. The maximum atomic E-state index is 12.1. The lowest BCUT2D eigenvalue weighted by Gasteiger charge is -2.12. The molecule has 0 saturated heterocycles. The molecule has 1 atom stereocenters. The molecule has 1 unspecified atom stereocenters. The van der Waals surface area contributed by atoms with Crippen molar-refractivity contribution in [3.63, 3.8) is 0 Å². The van der Waals surface area contributed by atoms with Crippen LogP contribution >= 0.6 is 0 Å². The van der Waals surface area contributed by atoms with E-state index in [1.165, 1.54) is 0 Å². The standard InChI is InChI=1S/C20H19N5O/c1-13(17-12-24-18-6-5-14(11-21)9-16(17)18)8-15(22)10-20(26)25-19-4-2-3-7-23-19/h2-7,9,12-13,22,24H,8,10H2,1H3,(H,23,25,26). The van der Waals surface area contributed by atoms with Gasteiger partial charge in [-0.25, -0.2) is 4.98 Å². The highest BCUT2D eigenvalue weighted by Gasteiger charge is 2.16. The third-order valence-electron chi connectivity index (χ3n) is 4.23. The number of hydrogen-bond donors (Lipinski definition) is 3. The zero-order valence-corrected chi connectivity index (χ0v) is 14.4. The predicted octanol–water partition coefficient (Wildman–Crippen LogP) is 3.98. The van der Waals surface area contributed by atoms with Gasteiger partial charge in [0.25, 0.3) is 0 Å². The van der Waals surface area contributed by atoms with Gasteiger partial charge in [-0.15, -0.1) is 0 Å². The molecule has 0 aliphatic heterocycles. The number of benzene rings is 1. The van der Waals surface area contributed by atoms with Crippen molar-refractivity contribution in [1.29, 1.82) is 10.7 Å². The minimum Gasteiger partial charge on any atom is -0.361 e. The quantitative estimate of drug-likeness (QED) is 0.588. The Hall–Kier alpha value is -3.46. The van der Waals surface area contributed by atoms with Crippen molar-refractivity contribution < 1.29 is 4.79 Å². The first-order valence-electron chi connectivity index (χ1n) is 8.35. The van der Waals surface area contributed by atoms with Crippen LogP contribution in [0.5, 0.6) is 0 Å². The third kappa shape index (κ3) is 3.95. The molecule has 0 spiro atoms. The van der Waals surface area contributed by atoms with Gasteiger partial charge in [0.15, 0.2) is 0 Å². The summed E-state index contributed by atoms with van der Waals surface area (Å²) < 4.78 is 0. The second-order valence-corrected chi connectivity index (χ2v) is 6.26. The number of H-pyrrole nitrogens is 1. The molecule has 3 rings (SSSR count). The Balaban J connectivity index is 1.64. The molecular formula is C20H19N5O. The van der Waals surface area contributed by atoms with E-state index in [0.29, 0.717) is 23.5 Å². The molecule has 3 N–H and O–H groups in total. The number of carbonyl (C=O) groups is 1. The highest BCUT2D eigenvalue weighted by Crippen LogP contribution is 2.29. The number of nitrogens with zero attached hydrogens (tertiary/aromatic N) is 2. The predicted molar refractivity (Wildman–Crippen MR) is 101 cm³/mol. The molecule has 1 amide bonds. The lowest BCUT2D eigenvalue weighted by molar-refractivity contribution is -0.115. The number of hydrogen-bond acceptors (Lipinski definition) is 4. The molecule has 0 bridgehead atoms. The van der Waals surface area contributed by atoms with E-state index in [9.17, 15) is 4.79 Å². The van der Waals surface area contributed by atoms with Crippen LogP contribution in [-0.4, -0.2) is 21.6 Å². The highest BCUT2D eigenvalue weighted by atomic mass is 16.1. The van der Waals surface area contributed by atoms with E-state index in [1.807, 2.05) is 25.3 Å². The van der Waals surface area contributed by atoms with E-state index >= 15 is 0 Å². The van der Waals surface area contributed by atoms with Gasteiger partial charge in [-0.3, -0.25) is 4.79 Å². The van der Waals surface area contributed by atoms with Crippen LogP contribution in [0.4, 0.5) is 5.82 Å². The number of aromatic nitrogens is 2. The minimum atomic E-state index is -0.244. The summed E-state index contributed by atoms with van der Waals surface area (Å²) in [6.45, 7) is 2.02. The monoisotopic (exact) mass is 345 g/mol. The summed E-state index contributed by atoms with van der Waals surface area (Å²) in [6.07, 6.45) is 4.03. The topological polar surface area (TPSA) is 105 Å². The highest BCUT2D eigenvalue weighted by molar-refractivity contribution is 6.05. The summed E-state index contributed by atoms with van der Waals surface area (Å²) in [5.74, 6) is 0.304. The Morgan fingerprint density at radius 3 is 2.96 bits per heavy atom. The number of amides is 1. The molecular weight excluding hydrogens is 326 g/mol. The first kappa shape index (κ1) is 17.4. The van der Waals surface area contributed by atoms with Crippen LogP contribution in [-0.2, 0) is 4.79 Å². The number of pyridine rings is 1. The van der Waals surface area contributed by atoms with Crippen LogP contribution in [0.25, 0.3) is 10.9 Å². The summed E-state index contributed by atoms with van der Waals surface area (Å²) >= 11 is 0. The number of nitriles is 1. The van der Waals surface area contributed by atoms with E-state index < -0.39 is 0 Å². The largest absolute Gasteiger partial charge is 0.361 e. The van der Waals surface area contributed by atoms with Crippen LogP contribution in [0.2, 0.25) is 0 Å². The van der Waals surface area contributed by atoms with Crippen molar-refractivity contribution in [2.45, 2.75) is 25.7 Å². The smallest absolute Gasteiger partial charge is 0.231 e. The van der Waals surface area contributed by atoms with Crippen LogP contribution in [0.3, 0.4) is 0 Å². The Morgan fingerprint density at radius 1 is 1.38 bits per heavy atom. The molecule has 0 saturated carbocycles. The van der Waals surface area contributed by atoms with Gasteiger partial charge in [0.2, 0.25) is 5.91 Å². The third-order valence-corrected chi connectivity index (χ3v) is 4.23. The van der Waals surface area contributed by atoms with Crippen LogP contribution in [0, 0.1) is 16.7 Å². The van der Waals surface area contributed by atoms with Gasteiger partial charge < -0.3 is 15.7 Å². The number of aromatic amines is 1. The summed E-state index contributed by atoms with van der Waals surface area (Å²) in [7, 11) is 0. The summed E-state index contributed by atoms with van der Waals surface area (Å²) in [4.78, 5) is 19.3. The average molecular weight is 345 g/mol. The summed E-state index contributed by atoms with van der Waals surface area (Å²) in [5.41, 5.74) is 2.98. The van der Waals surface area contributed by atoms with Gasteiger partial charge in [-0.2, -0.15) is 5.26 Å². The number of nitrogens with one attached hydrogen (secondary N) is 3. The van der Waals surface area contributed by atoms with Gasteiger partial charge in [0, 0.05) is 29.0 Å². The van der Waals surface area contributed by atoms with Gasteiger partial charge >= 0.3 is 0 Å². The SMILES string of the molecule is CC(CC(=N)CC(=O)Nc1ccccn1)c1c[nH]c2ccc(C#N)cc12. The maximum Gasteiger partial charge on any atom is 0.231 e. The number of anilines is 1. The molecule has 0 radical (unpaired) electrons. The zero-order valence-electron chi connectivity index (χ0n) is 14.4. The first-order chi connectivity index (χ1) is 12.6. The summed E-state index contributed by atoms with van der Waals surface area (Å²) in [5, 5.41) is 20.9. The molecule has 2 heterocycles. The number of rotatable bonds is 6. The van der Waals surface area contributed by atoms with Crippen LogP contribution < -0.4 is 5.32 Å². The first-order valence-corrected chi connectivity index (χ1v) is 8.35. The molecule has 2 aromatic heterocycles. The zero-order chi connectivity index (χ0) is 18.5. The summed E-state index contributed by atoms with van der Waals surface area (Å²) in [6, 6.07) is 12.9. The fraction of sp³-hybridized carbons (Fsp3) is 0.200. The molecule has 0 aliphatic rings. The van der Waals surface area contributed by atoms with E-state index in [2.05, 4.69) is 21.4 Å². The second kappa shape index (κ2) is 7.62. The Morgan fingerprint density at radius 2 is 2.23 bits per heavy atom. The normalized spacial score (nSPS) is 11.7. The van der Waals surface area contributed by atoms with Crippen molar-refractivity contribution in [1.82, 2.24) is 9.97 Å². The minimum absolute atomic E-state index is 0.0344. The average Bonchev–Trinajstić information content (AvgIpc) is 3.05. The molecule has 6 heteroatoms. The van der Waals surface area contributed by atoms with Gasteiger partial charge in [0.05, 0.1) is 18.1 Å². The van der Waals surface area contributed by atoms with Gasteiger partial charge in [0.1, 0.15) is 5.82 Å². The van der Waals surface area contributed by atoms with Crippen molar-refractivity contribution in [3.8, 4) is 6.07 Å². The van der Waals surface area contributed by atoms with E-state index in [-0.39, 0.29) is 18.2 Å². The van der Waals surface area contributed by atoms with Crippen LogP contribution in [0.15, 0.2) is 48.8 Å². The lowest BCUT2D eigenvalue weighted by atomic mass is 9.93. The fourth-order valence-corrected chi connectivity index (χ4v) is 2.99. The lowest BCUT2D eigenvalue weighted by Crippen LogP contribution is -2.17. The Kier molecular flexibility index (Phi) is 5.09. The van der Waals surface area contributed by atoms with E-state index in [1.54, 1.807) is 30.5 Å². The molecule has 6 nitrogen and oxygen atoms in total. The van der Waals surface area contributed by atoms with Crippen LogP contribution in [0.1, 0.15) is 36.8 Å². The second-order valence-electron chi connectivity index (χ2n) is 6.26. The van der Waals surface area contributed by atoms with Crippen molar-refractivity contribution in [3.05, 3.63) is 59.9 Å². The molecule has 26 heavy (non-hydrogen) atoms. The molecule has 130 valence electrons. The molecule has 0 aliphatic carbocycles. The van der Waals surface area contributed by atoms with Crippen molar-refractivity contribution >= 4 is 28.3 Å². The van der Waals surface area contributed by atoms with Crippen molar-refractivity contribution in [2.24, 2.45) is 0 Å². The number of fused-ring (bicyclic) bond motifs is 1.